The Hall–Kier alpha value is -4.82. The molecule has 1 spiro atoms. The highest BCUT2D eigenvalue weighted by atomic mass is 32.1. The number of rotatable bonds is 4. The van der Waals surface area contributed by atoms with Gasteiger partial charge in [0.25, 0.3) is 11.8 Å². The van der Waals surface area contributed by atoms with Crippen LogP contribution in [-0.4, -0.2) is 61.5 Å². The number of aromatic nitrogens is 1. The summed E-state index contributed by atoms with van der Waals surface area (Å²) in [5.41, 5.74) is 1.74. The molecule has 1 amide bonds. The molecule has 2 saturated heterocycles. The monoisotopic (exact) mass is 719 g/mol. The highest BCUT2D eigenvalue weighted by Gasteiger charge is 2.53. The molecule has 9 rings (SSSR count). The fourth-order valence-corrected chi connectivity index (χ4v) is 9.94. The lowest BCUT2D eigenvalue weighted by Gasteiger charge is -2.56. The van der Waals surface area contributed by atoms with Crippen molar-refractivity contribution in [1.29, 1.82) is 0 Å². The third-order valence-electron chi connectivity index (χ3n) is 11.2. The van der Waals surface area contributed by atoms with Gasteiger partial charge in [0.05, 0.1) is 18.7 Å². The van der Waals surface area contributed by atoms with Gasteiger partial charge in [-0.15, -0.1) is 11.3 Å². The van der Waals surface area contributed by atoms with Crippen LogP contribution in [0.5, 0.6) is 5.75 Å². The number of nitrogens with zero attached hydrogens (tertiary/aromatic N) is 3. The number of hydrogen-bond donors (Lipinski definition) is 0. The minimum absolute atomic E-state index is 0.103. The first-order valence-electron chi connectivity index (χ1n) is 16.8. The second-order valence-corrected chi connectivity index (χ2v) is 14.6. The zero-order valence-corrected chi connectivity index (χ0v) is 28.3. The van der Waals surface area contributed by atoms with Crippen LogP contribution in [0.25, 0.3) is 21.6 Å². The van der Waals surface area contributed by atoms with Crippen molar-refractivity contribution in [2.24, 2.45) is 5.41 Å². The van der Waals surface area contributed by atoms with E-state index in [1.165, 1.54) is 23.6 Å². The molecule has 0 unspecified atom stereocenters. The molecule has 2 aromatic carbocycles. The van der Waals surface area contributed by atoms with E-state index in [1.807, 2.05) is 29.3 Å². The summed E-state index contributed by atoms with van der Waals surface area (Å²) in [6.45, 7) is 0.816. The topological polar surface area (TPSA) is 99.5 Å². The van der Waals surface area contributed by atoms with Gasteiger partial charge in [-0.25, -0.2) is 18.0 Å². The maximum absolute atomic E-state index is 16.1. The summed E-state index contributed by atoms with van der Waals surface area (Å²) >= 11 is 1.36. The van der Waals surface area contributed by atoms with E-state index in [-0.39, 0.29) is 22.4 Å². The van der Waals surface area contributed by atoms with Gasteiger partial charge in [-0.05, 0) is 64.8 Å². The predicted molar refractivity (Wildman–Crippen MR) is 179 cm³/mol. The molecule has 2 aliphatic carbocycles. The lowest BCUT2D eigenvalue weighted by Crippen LogP contribution is -2.66. The van der Waals surface area contributed by atoms with Crippen LogP contribution in [0.15, 0.2) is 58.8 Å². The molecule has 264 valence electrons. The molecule has 2 atom stereocenters. The van der Waals surface area contributed by atoms with E-state index >= 15 is 13.2 Å². The number of pyridine rings is 1. The van der Waals surface area contributed by atoms with E-state index < -0.39 is 60.2 Å². The molecule has 0 N–H and O–H groups in total. The Kier molecular flexibility index (Phi) is 7.31. The highest BCUT2D eigenvalue weighted by molar-refractivity contribution is 7.14. The van der Waals surface area contributed by atoms with Crippen molar-refractivity contribution >= 4 is 23.4 Å². The molecule has 2 fully saturated rings. The molecular formula is C37H32F3N3O7S. The van der Waals surface area contributed by atoms with E-state index in [4.69, 9.17) is 14.2 Å². The van der Waals surface area contributed by atoms with Crippen molar-refractivity contribution < 1.29 is 41.7 Å². The zero-order valence-electron chi connectivity index (χ0n) is 27.5. The summed E-state index contributed by atoms with van der Waals surface area (Å²) in [5.74, 6) is -5.24. The van der Waals surface area contributed by atoms with Crippen LogP contribution in [0.2, 0.25) is 0 Å². The first-order valence-corrected chi connectivity index (χ1v) is 17.7. The number of fused-ring (bicyclic) bond motifs is 4. The molecule has 2 aromatic heterocycles. The Morgan fingerprint density at radius 1 is 1.04 bits per heavy atom. The number of methoxy groups -OCH3 is 1. The molecule has 0 saturated carbocycles. The molecule has 0 bridgehead atoms. The van der Waals surface area contributed by atoms with Crippen molar-refractivity contribution in [3.8, 4) is 27.3 Å². The van der Waals surface area contributed by atoms with Crippen LogP contribution in [0.3, 0.4) is 0 Å². The largest absolute Gasteiger partial charge is 0.510 e. The third kappa shape index (κ3) is 4.75. The third-order valence-corrected chi connectivity index (χ3v) is 12.2. The smallest absolute Gasteiger partial charge is 0.451 e. The second kappa shape index (κ2) is 11.6. The van der Waals surface area contributed by atoms with E-state index in [1.54, 1.807) is 21.0 Å². The van der Waals surface area contributed by atoms with Gasteiger partial charge >= 0.3 is 6.16 Å². The summed E-state index contributed by atoms with van der Waals surface area (Å²) in [7, 11) is 1.13. The Labute approximate surface area is 293 Å². The second-order valence-electron chi connectivity index (χ2n) is 13.7. The number of benzene rings is 2. The SMILES string of the molecule is COC(=O)OCOc1c2n(ccc1=O)N([C@@H]1c3ccccc3-c3scc4c3-c3c1ccc(F)c3C(F)(F)C4)[C@@H]1CC3(CCOCC3)CCN1C2=O. The van der Waals surface area contributed by atoms with Gasteiger partial charge in [0.1, 0.15) is 12.0 Å². The molecule has 51 heavy (non-hydrogen) atoms. The summed E-state index contributed by atoms with van der Waals surface area (Å²) < 4.78 is 70.3. The van der Waals surface area contributed by atoms with E-state index in [0.29, 0.717) is 49.3 Å². The van der Waals surface area contributed by atoms with Crippen molar-refractivity contribution in [1.82, 2.24) is 9.58 Å². The van der Waals surface area contributed by atoms with Gasteiger partial charge in [-0.3, -0.25) is 19.3 Å². The molecule has 0 radical (unpaired) electrons. The average Bonchev–Trinajstić information content (AvgIpc) is 3.49. The quantitative estimate of drug-likeness (QED) is 0.173. The molecule has 4 aromatic rings. The van der Waals surface area contributed by atoms with Crippen LogP contribution in [-0.2, 0) is 26.6 Å². The van der Waals surface area contributed by atoms with Crippen LogP contribution < -0.4 is 15.2 Å². The molecular weight excluding hydrogens is 687 g/mol. The number of thiophene rings is 1. The molecule has 5 heterocycles. The van der Waals surface area contributed by atoms with Crippen LogP contribution >= 0.6 is 11.3 Å². The number of carbonyl (C=O) groups is 2. The van der Waals surface area contributed by atoms with E-state index in [9.17, 15) is 14.4 Å². The van der Waals surface area contributed by atoms with Gasteiger partial charge in [0, 0.05) is 54.4 Å². The van der Waals surface area contributed by atoms with Crippen molar-refractivity contribution in [3.05, 3.63) is 98.0 Å². The fourth-order valence-electron chi connectivity index (χ4n) is 8.81. The molecule has 3 aliphatic heterocycles. The maximum Gasteiger partial charge on any atom is 0.510 e. The van der Waals surface area contributed by atoms with E-state index in [2.05, 4.69) is 4.74 Å². The predicted octanol–water partition coefficient (Wildman–Crippen LogP) is 6.56. The first kappa shape index (κ1) is 32.1. The number of hydrogen-bond acceptors (Lipinski definition) is 9. The highest BCUT2D eigenvalue weighted by Crippen LogP contribution is 2.59. The number of carbonyl (C=O) groups excluding carboxylic acids is 2. The van der Waals surface area contributed by atoms with Crippen LogP contribution in [0, 0.1) is 11.2 Å². The Bertz CT molecular complexity index is 2180. The number of alkyl halides is 2. The Morgan fingerprint density at radius 3 is 2.65 bits per heavy atom. The summed E-state index contributed by atoms with van der Waals surface area (Å²) in [6, 6.07) is 10.8. The molecule has 10 nitrogen and oxygen atoms in total. The normalized spacial score (nSPS) is 21.9. The van der Waals surface area contributed by atoms with Gasteiger partial charge < -0.3 is 23.8 Å². The van der Waals surface area contributed by atoms with Gasteiger partial charge in [0.2, 0.25) is 18.0 Å². The number of halogens is 3. The number of piperidine rings is 1. The lowest BCUT2D eigenvalue weighted by molar-refractivity contribution is -0.0432. The van der Waals surface area contributed by atoms with Gasteiger partial charge in [-0.1, -0.05) is 30.3 Å². The van der Waals surface area contributed by atoms with Crippen molar-refractivity contribution in [3.63, 3.8) is 0 Å². The number of amides is 1. The fraction of sp³-hybridized carbons (Fsp3) is 0.378. The summed E-state index contributed by atoms with van der Waals surface area (Å²) in [6.07, 6.45) is 2.06. The van der Waals surface area contributed by atoms with Crippen molar-refractivity contribution in [2.45, 2.75) is 50.2 Å². The molecule has 5 aliphatic rings. The lowest BCUT2D eigenvalue weighted by atomic mass is 9.71. The first-order chi connectivity index (χ1) is 24.6. The minimum atomic E-state index is -3.47. The zero-order chi connectivity index (χ0) is 35.2. The standard InChI is InChI=1S/C37H32F3N3O7S/c1-47-35(46)50-19-49-32-25(44)8-12-42-31(32)34(45)41-13-9-36(10-14-48-15-11-36)17-26(41)43(42)30-21-4-2-3-5-22(21)33-27-20(18-51-33)16-37(39,40)29-24(38)7-6-23(30)28(27)29/h2-8,12,18,26,30H,9-11,13-17,19H2,1H3/t26-,30-/m1/s1. The number of ether oxygens (including phenoxy) is 4. The summed E-state index contributed by atoms with van der Waals surface area (Å²) in [5, 5.41) is 3.71. The maximum atomic E-state index is 16.1. The van der Waals surface area contributed by atoms with E-state index in [0.717, 1.165) is 42.0 Å². The summed E-state index contributed by atoms with van der Waals surface area (Å²) in [4.78, 5) is 42.2. The van der Waals surface area contributed by atoms with Crippen LogP contribution in [0.4, 0.5) is 18.0 Å². The van der Waals surface area contributed by atoms with Crippen molar-refractivity contribution in [2.75, 3.05) is 38.7 Å². The van der Waals surface area contributed by atoms with Gasteiger partial charge in [0.15, 0.2) is 5.69 Å². The van der Waals surface area contributed by atoms with Gasteiger partial charge in [-0.2, -0.15) is 0 Å². The average molecular weight is 720 g/mol. The Morgan fingerprint density at radius 2 is 1.84 bits per heavy atom. The molecule has 14 heteroatoms. The minimum Gasteiger partial charge on any atom is -0.451 e. The van der Waals surface area contributed by atoms with Crippen LogP contribution in [0.1, 0.15) is 64.5 Å². The Balaban J connectivity index is 1.32.